The number of hydrogen-bond donors (Lipinski definition) is 1. The first-order valence-electron chi connectivity index (χ1n) is 5.29. The molecule has 0 bridgehead atoms. The topological polar surface area (TPSA) is 68.5 Å². The van der Waals surface area contributed by atoms with Gasteiger partial charge in [-0.15, -0.1) is 0 Å². The summed E-state index contributed by atoms with van der Waals surface area (Å²) in [6.45, 7) is 0. The second-order valence-corrected chi connectivity index (χ2v) is 3.81. The van der Waals surface area contributed by atoms with Gasteiger partial charge < -0.3 is 5.32 Å². The first-order valence-corrected chi connectivity index (χ1v) is 5.29. The van der Waals surface area contributed by atoms with Gasteiger partial charge in [-0.1, -0.05) is 0 Å². The van der Waals surface area contributed by atoms with Crippen LogP contribution in [-0.2, 0) is 0 Å². The summed E-state index contributed by atoms with van der Waals surface area (Å²) in [6, 6.07) is 0. The van der Waals surface area contributed by atoms with Crippen molar-refractivity contribution in [2.45, 2.75) is 18.8 Å². The van der Waals surface area contributed by atoms with Crippen molar-refractivity contribution in [3.8, 4) is 5.95 Å². The van der Waals surface area contributed by atoms with Crippen molar-refractivity contribution in [2.75, 3.05) is 12.4 Å². The zero-order valence-electron chi connectivity index (χ0n) is 8.96. The van der Waals surface area contributed by atoms with Crippen molar-refractivity contribution in [1.29, 1.82) is 0 Å². The van der Waals surface area contributed by atoms with Crippen molar-refractivity contribution in [3.05, 3.63) is 24.5 Å². The fraction of sp³-hybridized carbons (Fsp3) is 0.400. The van der Waals surface area contributed by atoms with E-state index in [-0.39, 0.29) is 0 Å². The van der Waals surface area contributed by atoms with Crippen LogP contribution in [0.4, 0.5) is 5.95 Å². The van der Waals surface area contributed by atoms with Crippen LogP contribution in [0.2, 0.25) is 0 Å². The van der Waals surface area contributed by atoms with Gasteiger partial charge in [-0.2, -0.15) is 15.0 Å². The van der Waals surface area contributed by atoms with Crippen molar-refractivity contribution in [1.82, 2.24) is 24.5 Å². The van der Waals surface area contributed by atoms with Gasteiger partial charge in [-0.05, 0) is 12.8 Å². The molecular weight excluding hydrogens is 204 g/mol. The van der Waals surface area contributed by atoms with E-state index in [0.717, 1.165) is 5.82 Å². The molecule has 0 aromatic carbocycles. The average Bonchev–Trinajstić information content (AvgIpc) is 3.04. The van der Waals surface area contributed by atoms with E-state index in [1.54, 1.807) is 17.1 Å². The molecule has 2 heterocycles. The van der Waals surface area contributed by atoms with Crippen LogP contribution in [0.1, 0.15) is 24.6 Å². The number of nitrogens with zero attached hydrogens (tertiary/aromatic N) is 5. The zero-order chi connectivity index (χ0) is 11.0. The molecule has 1 fully saturated rings. The maximum atomic E-state index is 4.45. The number of hydrogen-bond acceptors (Lipinski definition) is 5. The zero-order valence-corrected chi connectivity index (χ0v) is 8.96. The Balaban J connectivity index is 2.06. The Morgan fingerprint density at radius 1 is 1.31 bits per heavy atom. The molecule has 0 saturated heterocycles. The Kier molecular flexibility index (Phi) is 2.05. The molecule has 16 heavy (non-hydrogen) atoms. The van der Waals surface area contributed by atoms with Gasteiger partial charge in [0, 0.05) is 25.4 Å². The standard InChI is InChI=1S/C10H12N6/c1-11-9-13-8(7-2-3-7)14-10(15-9)16-5-4-12-6-16/h4-7H,2-3H2,1H3,(H,11,13,14,15). The van der Waals surface area contributed by atoms with Crippen LogP contribution in [0.3, 0.4) is 0 Å². The summed E-state index contributed by atoms with van der Waals surface area (Å²) in [4.78, 5) is 17.1. The molecule has 82 valence electrons. The average molecular weight is 216 g/mol. The van der Waals surface area contributed by atoms with Gasteiger partial charge in [0.1, 0.15) is 12.2 Å². The predicted octanol–water partition coefficient (Wildman–Crippen LogP) is 0.976. The van der Waals surface area contributed by atoms with Crippen LogP contribution in [-0.4, -0.2) is 31.6 Å². The number of imidazole rings is 1. The van der Waals surface area contributed by atoms with Gasteiger partial charge in [0.25, 0.3) is 0 Å². The molecule has 2 aromatic rings. The minimum absolute atomic E-state index is 0.511. The van der Waals surface area contributed by atoms with Crippen molar-refractivity contribution >= 4 is 5.95 Å². The smallest absolute Gasteiger partial charge is 0.239 e. The second kappa shape index (κ2) is 3.55. The van der Waals surface area contributed by atoms with E-state index in [1.165, 1.54) is 12.8 Å². The summed E-state index contributed by atoms with van der Waals surface area (Å²) < 4.78 is 1.79. The minimum Gasteiger partial charge on any atom is -0.357 e. The van der Waals surface area contributed by atoms with Gasteiger partial charge in [-0.25, -0.2) is 4.98 Å². The lowest BCUT2D eigenvalue weighted by Gasteiger charge is -2.05. The highest BCUT2D eigenvalue weighted by Gasteiger charge is 2.27. The highest BCUT2D eigenvalue weighted by atomic mass is 15.2. The molecule has 6 heteroatoms. The quantitative estimate of drug-likeness (QED) is 0.828. The molecule has 3 rings (SSSR count). The van der Waals surface area contributed by atoms with Gasteiger partial charge in [-0.3, -0.25) is 4.57 Å². The lowest BCUT2D eigenvalue weighted by molar-refractivity contribution is 0.829. The maximum absolute atomic E-state index is 4.45. The second-order valence-electron chi connectivity index (χ2n) is 3.81. The van der Waals surface area contributed by atoms with Crippen LogP contribution < -0.4 is 5.32 Å². The largest absolute Gasteiger partial charge is 0.357 e. The molecule has 0 unspecified atom stereocenters. The van der Waals surface area contributed by atoms with E-state index in [1.807, 2.05) is 13.2 Å². The molecule has 0 radical (unpaired) electrons. The molecule has 2 aromatic heterocycles. The fourth-order valence-corrected chi connectivity index (χ4v) is 1.51. The highest BCUT2D eigenvalue weighted by Crippen LogP contribution is 2.38. The summed E-state index contributed by atoms with van der Waals surface area (Å²) in [7, 11) is 1.81. The Morgan fingerprint density at radius 3 is 2.81 bits per heavy atom. The lowest BCUT2D eigenvalue weighted by Crippen LogP contribution is -2.08. The molecule has 0 aliphatic heterocycles. The highest BCUT2D eigenvalue weighted by molar-refractivity contribution is 5.29. The molecule has 0 atom stereocenters. The molecule has 0 amide bonds. The normalized spacial score (nSPS) is 15.1. The molecule has 1 aliphatic rings. The molecular formula is C10H12N6. The fourth-order valence-electron chi connectivity index (χ4n) is 1.51. The third-order valence-electron chi connectivity index (χ3n) is 2.54. The van der Waals surface area contributed by atoms with E-state index in [0.29, 0.717) is 17.8 Å². The van der Waals surface area contributed by atoms with Crippen LogP contribution >= 0.6 is 0 Å². The molecule has 6 nitrogen and oxygen atoms in total. The summed E-state index contributed by atoms with van der Waals surface area (Å²) >= 11 is 0. The van der Waals surface area contributed by atoms with Gasteiger partial charge in [0.15, 0.2) is 0 Å². The molecule has 1 N–H and O–H groups in total. The summed E-state index contributed by atoms with van der Waals surface area (Å²) in [5.74, 6) is 2.62. The third-order valence-corrected chi connectivity index (χ3v) is 2.54. The van der Waals surface area contributed by atoms with Crippen LogP contribution in [0, 0.1) is 0 Å². The van der Waals surface area contributed by atoms with Crippen LogP contribution in [0.15, 0.2) is 18.7 Å². The van der Waals surface area contributed by atoms with Crippen molar-refractivity contribution in [3.63, 3.8) is 0 Å². The number of rotatable bonds is 3. The first kappa shape index (κ1) is 9.26. The number of aromatic nitrogens is 5. The van der Waals surface area contributed by atoms with Gasteiger partial charge >= 0.3 is 0 Å². The van der Waals surface area contributed by atoms with Gasteiger partial charge in [0.05, 0.1) is 0 Å². The summed E-state index contributed by atoms with van der Waals surface area (Å²) in [6.07, 6.45) is 7.57. The first-order chi connectivity index (χ1) is 7.86. The number of anilines is 1. The van der Waals surface area contributed by atoms with Crippen LogP contribution in [0.25, 0.3) is 5.95 Å². The van der Waals surface area contributed by atoms with E-state index in [9.17, 15) is 0 Å². The molecule has 1 saturated carbocycles. The minimum atomic E-state index is 0.511. The Bertz CT molecular complexity index is 488. The number of nitrogens with one attached hydrogen (secondary N) is 1. The SMILES string of the molecule is CNc1nc(C2CC2)nc(-n2ccnc2)n1. The van der Waals surface area contributed by atoms with E-state index in [2.05, 4.69) is 25.3 Å². The molecule has 1 aliphatic carbocycles. The summed E-state index contributed by atoms with van der Waals surface area (Å²) in [5.41, 5.74) is 0. The van der Waals surface area contributed by atoms with Crippen molar-refractivity contribution in [2.24, 2.45) is 0 Å². The maximum Gasteiger partial charge on any atom is 0.239 e. The predicted molar refractivity (Wildman–Crippen MR) is 58.5 cm³/mol. The summed E-state index contributed by atoms with van der Waals surface area (Å²) in [5, 5.41) is 2.96. The Hall–Kier alpha value is -1.98. The lowest BCUT2D eigenvalue weighted by atomic mass is 10.4. The van der Waals surface area contributed by atoms with E-state index < -0.39 is 0 Å². The monoisotopic (exact) mass is 216 g/mol. The van der Waals surface area contributed by atoms with Crippen LogP contribution in [0.5, 0.6) is 0 Å². The third kappa shape index (κ3) is 1.62. The molecule has 0 spiro atoms. The Labute approximate surface area is 92.8 Å². The van der Waals surface area contributed by atoms with Crippen molar-refractivity contribution < 1.29 is 0 Å². The van der Waals surface area contributed by atoms with Gasteiger partial charge in [0.2, 0.25) is 11.9 Å². The van der Waals surface area contributed by atoms with E-state index in [4.69, 9.17) is 0 Å². The Morgan fingerprint density at radius 2 is 2.19 bits per heavy atom. The van der Waals surface area contributed by atoms with E-state index >= 15 is 0 Å².